The Bertz CT molecular complexity index is 469. The molecule has 1 unspecified atom stereocenters. The number of aliphatic imine (C=N–C) groups is 1. The molecule has 2 N–H and O–H groups in total. The topological polar surface area (TPSA) is 44.6 Å². The molecule has 0 aromatic carbocycles. The summed E-state index contributed by atoms with van der Waals surface area (Å²) < 4.78 is 39.1. The van der Waals surface area contributed by atoms with E-state index in [0.717, 1.165) is 6.54 Å². The van der Waals surface area contributed by atoms with Crippen LogP contribution in [0.5, 0.6) is 0 Å². The molecule has 22 heavy (non-hydrogen) atoms. The maximum Gasteiger partial charge on any atom is 0.401 e. The molecule has 0 aliphatic carbocycles. The van der Waals surface area contributed by atoms with Crippen molar-refractivity contribution in [2.75, 3.05) is 33.2 Å². The molecule has 1 aromatic heterocycles. The highest BCUT2D eigenvalue weighted by atomic mass is 19.4. The van der Waals surface area contributed by atoms with Crippen LogP contribution in [0.4, 0.5) is 13.2 Å². The molecule has 124 valence electrons. The van der Waals surface area contributed by atoms with Crippen molar-refractivity contribution in [3.63, 3.8) is 0 Å². The van der Waals surface area contributed by atoms with Crippen molar-refractivity contribution < 1.29 is 13.2 Å². The monoisotopic (exact) mass is 317 g/mol. The lowest BCUT2D eigenvalue weighted by atomic mass is 10.3. The van der Waals surface area contributed by atoms with Crippen molar-refractivity contribution in [2.24, 2.45) is 4.99 Å². The average molecular weight is 317 g/mol. The highest BCUT2D eigenvalue weighted by Gasteiger charge is 2.34. The van der Waals surface area contributed by atoms with Gasteiger partial charge in [0.15, 0.2) is 5.96 Å². The molecule has 0 bridgehead atoms. The molecule has 0 spiro atoms. The summed E-state index contributed by atoms with van der Waals surface area (Å²) >= 11 is 0. The van der Waals surface area contributed by atoms with E-state index in [4.69, 9.17) is 0 Å². The number of guanidine groups is 1. The minimum atomic E-state index is -4.13. The van der Waals surface area contributed by atoms with Crippen LogP contribution in [0.3, 0.4) is 0 Å². The van der Waals surface area contributed by atoms with Gasteiger partial charge in [-0.3, -0.25) is 9.89 Å². The van der Waals surface area contributed by atoms with Crippen molar-refractivity contribution in [3.8, 4) is 0 Å². The van der Waals surface area contributed by atoms with Crippen LogP contribution in [0, 0.1) is 0 Å². The standard InChI is InChI=1S/C14H22F3N5/c1-18-13(19-5-9-21-6-2-3-7-21)20-12-4-8-22(10-12)11-14(15,16)17/h2-3,6-7,12H,4-5,8-11H2,1H3,(H2,18,19,20). The third kappa shape index (κ3) is 5.59. The molecule has 0 saturated carbocycles. The molecule has 1 aliphatic rings. The van der Waals surface area contributed by atoms with Crippen LogP contribution >= 0.6 is 0 Å². The predicted molar refractivity (Wildman–Crippen MR) is 79.8 cm³/mol. The van der Waals surface area contributed by atoms with Gasteiger partial charge in [0.05, 0.1) is 6.54 Å². The number of hydrogen-bond donors (Lipinski definition) is 2. The maximum absolute atomic E-state index is 12.4. The molecular formula is C14H22F3N5. The highest BCUT2D eigenvalue weighted by Crippen LogP contribution is 2.19. The summed E-state index contributed by atoms with van der Waals surface area (Å²) in [6, 6.07) is 3.92. The summed E-state index contributed by atoms with van der Waals surface area (Å²) in [5, 5.41) is 6.36. The minimum absolute atomic E-state index is 0.000119. The number of rotatable bonds is 5. The smallest absolute Gasteiger partial charge is 0.355 e. The molecule has 1 aliphatic heterocycles. The van der Waals surface area contributed by atoms with Gasteiger partial charge in [0.1, 0.15) is 0 Å². The second-order valence-corrected chi connectivity index (χ2v) is 5.40. The van der Waals surface area contributed by atoms with Gasteiger partial charge >= 0.3 is 6.18 Å². The first-order chi connectivity index (χ1) is 10.5. The normalized spacial score (nSPS) is 20.4. The Morgan fingerprint density at radius 1 is 1.32 bits per heavy atom. The van der Waals surface area contributed by atoms with Gasteiger partial charge in [-0.2, -0.15) is 13.2 Å². The van der Waals surface area contributed by atoms with Crippen molar-refractivity contribution in [1.82, 2.24) is 20.1 Å². The molecule has 5 nitrogen and oxygen atoms in total. The second kappa shape index (κ2) is 7.53. The second-order valence-electron chi connectivity index (χ2n) is 5.40. The molecule has 1 fully saturated rings. The number of halogens is 3. The molecule has 1 atom stereocenters. The molecule has 2 rings (SSSR count). The van der Waals surface area contributed by atoms with Crippen LogP contribution in [0.2, 0.25) is 0 Å². The Kier molecular flexibility index (Phi) is 5.70. The van der Waals surface area contributed by atoms with Crippen molar-refractivity contribution in [3.05, 3.63) is 24.5 Å². The third-order valence-electron chi connectivity index (χ3n) is 3.57. The molecule has 8 heteroatoms. The average Bonchev–Trinajstić information content (AvgIpc) is 3.08. The zero-order valence-electron chi connectivity index (χ0n) is 12.6. The fraction of sp³-hybridized carbons (Fsp3) is 0.643. The van der Waals surface area contributed by atoms with Crippen molar-refractivity contribution >= 4 is 5.96 Å². The maximum atomic E-state index is 12.4. The van der Waals surface area contributed by atoms with Gasteiger partial charge in [-0.15, -0.1) is 0 Å². The van der Waals surface area contributed by atoms with E-state index in [1.165, 1.54) is 4.90 Å². The van der Waals surface area contributed by atoms with Gasteiger partial charge in [0.2, 0.25) is 0 Å². The van der Waals surface area contributed by atoms with Crippen LogP contribution in [0.15, 0.2) is 29.5 Å². The first-order valence-corrected chi connectivity index (χ1v) is 7.33. The summed E-state index contributed by atoms with van der Waals surface area (Å²) in [7, 11) is 1.66. The van der Waals surface area contributed by atoms with Gasteiger partial charge in [-0.05, 0) is 18.6 Å². The summed E-state index contributed by atoms with van der Waals surface area (Å²) in [5.74, 6) is 0.631. The fourth-order valence-electron chi connectivity index (χ4n) is 2.56. The quantitative estimate of drug-likeness (QED) is 0.635. The number of nitrogens with zero attached hydrogens (tertiary/aromatic N) is 3. The SMILES string of the molecule is CN=C(NCCn1cccc1)NC1CCN(CC(F)(F)F)C1. The molecule has 2 heterocycles. The first kappa shape index (κ1) is 16.7. The summed E-state index contributed by atoms with van der Waals surface area (Å²) in [6.45, 7) is 1.51. The number of nitrogens with one attached hydrogen (secondary N) is 2. The van der Waals surface area contributed by atoms with E-state index < -0.39 is 12.7 Å². The predicted octanol–water partition coefficient (Wildman–Crippen LogP) is 1.29. The van der Waals surface area contributed by atoms with E-state index in [1.807, 2.05) is 29.1 Å². The van der Waals surface area contributed by atoms with E-state index in [0.29, 0.717) is 32.0 Å². The summed E-state index contributed by atoms with van der Waals surface area (Å²) in [5.41, 5.74) is 0. The Hall–Kier alpha value is -1.70. The van der Waals surface area contributed by atoms with Crippen LogP contribution in [0.1, 0.15) is 6.42 Å². The highest BCUT2D eigenvalue weighted by molar-refractivity contribution is 5.79. The van der Waals surface area contributed by atoms with E-state index >= 15 is 0 Å². The zero-order valence-corrected chi connectivity index (χ0v) is 12.6. The number of likely N-dealkylation sites (tertiary alicyclic amines) is 1. The van der Waals surface area contributed by atoms with Crippen molar-refractivity contribution in [1.29, 1.82) is 0 Å². The van der Waals surface area contributed by atoms with Gasteiger partial charge < -0.3 is 15.2 Å². The zero-order chi connectivity index (χ0) is 16.0. The lowest BCUT2D eigenvalue weighted by Gasteiger charge is -2.19. The van der Waals surface area contributed by atoms with Gasteiger partial charge in [0.25, 0.3) is 0 Å². The summed E-state index contributed by atoms with van der Waals surface area (Å²) in [6.07, 6.45) is 0.508. The largest absolute Gasteiger partial charge is 0.401 e. The number of alkyl halides is 3. The van der Waals surface area contributed by atoms with Crippen LogP contribution < -0.4 is 10.6 Å². The lowest BCUT2D eigenvalue weighted by molar-refractivity contribution is -0.143. The Balaban J connectivity index is 1.70. The van der Waals surface area contributed by atoms with Gasteiger partial charge in [-0.1, -0.05) is 0 Å². The molecule has 0 radical (unpaired) electrons. The number of aromatic nitrogens is 1. The van der Waals surface area contributed by atoms with E-state index in [1.54, 1.807) is 7.05 Å². The van der Waals surface area contributed by atoms with E-state index in [9.17, 15) is 13.2 Å². The molecule has 1 saturated heterocycles. The Morgan fingerprint density at radius 3 is 2.68 bits per heavy atom. The molecule has 0 amide bonds. The molecule has 1 aromatic rings. The number of hydrogen-bond acceptors (Lipinski definition) is 2. The summed E-state index contributed by atoms with van der Waals surface area (Å²) in [4.78, 5) is 5.54. The fourth-order valence-corrected chi connectivity index (χ4v) is 2.56. The lowest BCUT2D eigenvalue weighted by Crippen LogP contribution is -2.45. The van der Waals surface area contributed by atoms with Crippen molar-refractivity contribution in [2.45, 2.75) is 25.2 Å². The Morgan fingerprint density at radius 2 is 2.05 bits per heavy atom. The first-order valence-electron chi connectivity index (χ1n) is 7.33. The van der Waals surface area contributed by atoms with E-state index in [-0.39, 0.29) is 6.04 Å². The third-order valence-corrected chi connectivity index (χ3v) is 3.57. The van der Waals surface area contributed by atoms with Crippen LogP contribution in [-0.2, 0) is 6.54 Å². The van der Waals surface area contributed by atoms with Gasteiger partial charge in [0, 0.05) is 51.7 Å². The van der Waals surface area contributed by atoms with Crippen LogP contribution in [0.25, 0.3) is 0 Å². The molecular weight excluding hydrogens is 295 g/mol. The van der Waals surface area contributed by atoms with Gasteiger partial charge in [-0.25, -0.2) is 0 Å². The van der Waals surface area contributed by atoms with E-state index in [2.05, 4.69) is 15.6 Å². The van der Waals surface area contributed by atoms with Crippen LogP contribution in [-0.4, -0.2) is 60.9 Å². The minimum Gasteiger partial charge on any atom is -0.355 e. The Labute approximate surface area is 128 Å².